The second-order valence-corrected chi connectivity index (χ2v) is 5.17. The van der Waals surface area contributed by atoms with Crippen molar-refractivity contribution in [1.29, 1.82) is 0 Å². The van der Waals surface area contributed by atoms with Gasteiger partial charge in [-0.05, 0) is 50.7 Å². The minimum absolute atomic E-state index is 0.540. The number of rotatable bonds is 3. The average Bonchev–Trinajstić information content (AvgIpc) is 3.03. The van der Waals surface area contributed by atoms with Crippen molar-refractivity contribution >= 4 is 5.69 Å². The molecular weight excluding hydrogens is 240 g/mol. The largest absolute Gasteiger partial charge is 0.423 e. The van der Waals surface area contributed by atoms with E-state index < -0.39 is 0 Å². The molecule has 2 heterocycles. The molecule has 1 atom stereocenters. The molecule has 1 aromatic heterocycles. The van der Waals surface area contributed by atoms with Gasteiger partial charge in [0.15, 0.2) is 0 Å². The minimum Gasteiger partial charge on any atom is -0.423 e. The highest BCUT2D eigenvalue weighted by atomic mass is 16.4. The Kier molecular flexibility index (Phi) is 3.21. The van der Waals surface area contributed by atoms with Crippen LogP contribution in [0.15, 0.2) is 29.0 Å². The van der Waals surface area contributed by atoms with Crippen LogP contribution in [0.3, 0.4) is 0 Å². The first-order valence-corrected chi connectivity index (χ1v) is 6.54. The summed E-state index contributed by atoms with van der Waals surface area (Å²) in [5.41, 5.74) is 3.35. The zero-order valence-corrected chi connectivity index (χ0v) is 11.3. The number of hydrogen-bond donors (Lipinski definition) is 1. The highest BCUT2D eigenvalue weighted by Crippen LogP contribution is 2.24. The smallest absolute Gasteiger partial charge is 0.247 e. The Morgan fingerprint density at radius 1 is 1.42 bits per heavy atom. The summed E-state index contributed by atoms with van der Waals surface area (Å²) in [6, 6.07) is 6.72. The van der Waals surface area contributed by atoms with Crippen molar-refractivity contribution in [2.24, 2.45) is 0 Å². The Balaban J connectivity index is 1.76. The molecule has 0 amide bonds. The number of aromatic nitrogens is 2. The normalized spacial score (nSPS) is 19.8. The van der Waals surface area contributed by atoms with Gasteiger partial charge in [0, 0.05) is 23.8 Å². The molecule has 100 valence electrons. The SMILES string of the molecule is Cc1cc(-c2nnco2)ccc1NC1CCN(C)C1. The maximum atomic E-state index is 5.21. The van der Waals surface area contributed by atoms with Gasteiger partial charge in [0.1, 0.15) is 0 Å². The van der Waals surface area contributed by atoms with Crippen molar-refractivity contribution in [3.63, 3.8) is 0 Å². The molecule has 1 fully saturated rings. The number of likely N-dealkylation sites (N-methyl/N-ethyl adjacent to an activating group) is 1. The molecule has 1 aliphatic rings. The van der Waals surface area contributed by atoms with Crippen LogP contribution in [0.25, 0.3) is 11.5 Å². The number of hydrogen-bond acceptors (Lipinski definition) is 5. The van der Waals surface area contributed by atoms with Crippen LogP contribution < -0.4 is 5.32 Å². The Morgan fingerprint density at radius 2 is 2.32 bits per heavy atom. The lowest BCUT2D eigenvalue weighted by Crippen LogP contribution is -2.23. The molecular formula is C14H18N4O. The lowest BCUT2D eigenvalue weighted by Gasteiger charge is -2.16. The van der Waals surface area contributed by atoms with E-state index in [9.17, 15) is 0 Å². The van der Waals surface area contributed by atoms with Gasteiger partial charge in [-0.1, -0.05) is 0 Å². The molecule has 3 rings (SSSR count). The average molecular weight is 258 g/mol. The van der Waals surface area contributed by atoms with E-state index in [1.54, 1.807) is 0 Å². The Bertz CT molecular complexity index is 553. The molecule has 1 aromatic carbocycles. The predicted molar refractivity (Wildman–Crippen MR) is 74.0 cm³/mol. The molecule has 0 spiro atoms. The lowest BCUT2D eigenvalue weighted by molar-refractivity contribution is 0.414. The molecule has 5 heteroatoms. The van der Waals surface area contributed by atoms with E-state index in [4.69, 9.17) is 4.42 Å². The summed E-state index contributed by atoms with van der Waals surface area (Å²) >= 11 is 0. The van der Waals surface area contributed by atoms with E-state index in [1.165, 1.54) is 24.1 Å². The van der Waals surface area contributed by atoms with Crippen LogP contribution in [-0.4, -0.2) is 41.3 Å². The monoisotopic (exact) mass is 258 g/mol. The van der Waals surface area contributed by atoms with E-state index in [0.717, 1.165) is 18.7 Å². The van der Waals surface area contributed by atoms with Crippen LogP contribution >= 0.6 is 0 Å². The summed E-state index contributed by atoms with van der Waals surface area (Å²) in [5, 5.41) is 11.2. The summed E-state index contributed by atoms with van der Waals surface area (Å²) in [6.45, 7) is 4.36. The van der Waals surface area contributed by atoms with Crippen LogP contribution in [-0.2, 0) is 0 Å². The van der Waals surface area contributed by atoms with Gasteiger partial charge < -0.3 is 14.6 Å². The summed E-state index contributed by atoms with van der Waals surface area (Å²) in [7, 11) is 2.16. The first-order valence-electron chi connectivity index (χ1n) is 6.54. The highest BCUT2D eigenvalue weighted by Gasteiger charge is 2.19. The van der Waals surface area contributed by atoms with Gasteiger partial charge in [0.05, 0.1) is 0 Å². The molecule has 19 heavy (non-hydrogen) atoms. The predicted octanol–water partition coefficient (Wildman–Crippen LogP) is 2.16. The van der Waals surface area contributed by atoms with Crippen molar-refractivity contribution in [3.8, 4) is 11.5 Å². The number of anilines is 1. The molecule has 1 N–H and O–H groups in total. The second-order valence-electron chi connectivity index (χ2n) is 5.17. The van der Waals surface area contributed by atoms with Gasteiger partial charge in [0.25, 0.3) is 0 Å². The van der Waals surface area contributed by atoms with E-state index in [-0.39, 0.29) is 0 Å². The first-order chi connectivity index (χ1) is 9.22. The van der Waals surface area contributed by atoms with Crippen LogP contribution in [0.5, 0.6) is 0 Å². The summed E-state index contributed by atoms with van der Waals surface area (Å²) in [5.74, 6) is 0.565. The van der Waals surface area contributed by atoms with Crippen LogP contribution in [0.1, 0.15) is 12.0 Å². The fourth-order valence-electron chi connectivity index (χ4n) is 2.53. The molecule has 1 aliphatic heterocycles. The van der Waals surface area contributed by atoms with Crippen molar-refractivity contribution in [1.82, 2.24) is 15.1 Å². The molecule has 0 bridgehead atoms. The van der Waals surface area contributed by atoms with Crippen molar-refractivity contribution in [2.75, 3.05) is 25.5 Å². The summed E-state index contributed by atoms with van der Waals surface area (Å²) in [6.07, 6.45) is 2.55. The molecule has 5 nitrogen and oxygen atoms in total. The highest BCUT2D eigenvalue weighted by molar-refractivity contribution is 5.62. The Hall–Kier alpha value is -1.88. The fraction of sp³-hybridized carbons (Fsp3) is 0.429. The second kappa shape index (κ2) is 5.01. The van der Waals surface area contributed by atoms with Gasteiger partial charge in [-0.15, -0.1) is 10.2 Å². The van der Waals surface area contributed by atoms with Crippen molar-refractivity contribution in [2.45, 2.75) is 19.4 Å². The maximum absolute atomic E-state index is 5.21. The standard InChI is InChI=1S/C14H18N4O/c1-10-7-11(14-17-15-9-19-14)3-4-13(10)16-12-5-6-18(2)8-12/h3-4,7,9,12,16H,5-6,8H2,1-2H3. The molecule has 0 saturated carbocycles. The zero-order valence-electron chi connectivity index (χ0n) is 11.3. The van der Waals surface area contributed by atoms with Gasteiger partial charge in [-0.3, -0.25) is 0 Å². The van der Waals surface area contributed by atoms with Crippen LogP contribution in [0.4, 0.5) is 5.69 Å². The molecule has 2 aromatic rings. The van der Waals surface area contributed by atoms with Crippen LogP contribution in [0, 0.1) is 6.92 Å². The Labute approximate surface area is 112 Å². The van der Waals surface area contributed by atoms with E-state index in [1.807, 2.05) is 6.07 Å². The topological polar surface area (TPSA) is 54.2 Å². The van der Waals surface area contributed by atoms with Crippen molar-refractivity contribution < 1.29 is 4.42 Å². The molecule has 1 saturated heterocycles. The summed E-state index contributed by atoms with van der Waals surface area (Å²) in [4.78, 5) is 2.35. The zero-order chi connectivity index (χ0) is 13.2. The van der Waals surface area contributed by atoms with E-state index in [0.29, 0.717) is 11.9 Å². The lowest BCUT2D eigenvalue weighted by atomic mass is 10.1. The molecule has 0 aliphatic carbocycles. The van der Waals surface area contributed by atoms with Gasteiger partial charge >= 0.3 is 0 Å². The number of nitrogens with one attached hydrogen (secondary N) is 1. The number of benzene rings is 1. The first kappa shape index (κ1) is 12.2. The quantitative estimate of drug-likeness (QED) is 0.914. The van der Waals surface area contributed by atoms with E-state index in [2.05, 4.69) is 46.5 Å². The Morgan fingerprint density at radius 3 is 2.95 bits per heavy atom. The van der Waals surface area contributed by atoms with Gasteiger partial charge in [-0.2, -0.15) is 0 Å². The minimum atomic E-state index is 0.540. The number of likely N-dealkylation sites (tertiary alicyclic amines) is 1. The van der Waals surface area contributed by atoms with Gasteiger partial charge in [-0.25, -0.2) is 0 Å². The molecule has 0 radical (unpaired) electrons. The van der Waals surface area contributed by atoms with Crippen molar-refractivity contribution in [3.05, 3.63) is 30.2 Å². The number of aryl methyl sites for hydroxylation is 1. The number of nitrogens with zero attached hydrogens (tertiary/aromatic N) is 3. The maximum Gasteiger partial charge on any atom is 0.247 e. The van der Waals surface area contributed by atoms with Crippen LogP contribution in [0.2, 0.25) is 0 Å². The third-order valence-corrected chi connectivity index (χ3v) is 3.58. The molecule has 1 unspecified atom stereocenters. The third-order valence-electron chi connectivity index (χ3n) is 3.58. The third kappa shape index (κ3) is 2.61. The van der Waals surface area contributed by atoms with E-state index >= 15 is 0 Å². The fourth-order valence-corrected chi connectivity index (χ4v) is 2.53. The summed E-state index contributed by atoms with van der Waals surface area (Å²) < 4.78 is 5.21. The van der Waals surface area contributed by atoms with Gasteiger partial charge in [0.2, 0.25) is 12.3 Å².